The Labute approximate surface area is 106 Å². The van der Waals surface area contributed by atoms with Gasteiger partial charge in [-0.1, -0.05) is 19.1 Å². The van der Waals surface area contributed by atoms with E-state index in [1.165, 1.54) is 4.90 Å². The molecule has 1 aromatic carbocycles. The Balaban J connectivity index is 2.03. The number of rotatable bonds is 4. The van der Waals surface area contributed by atoms with E-state index >= 15 is 0 Å². The fourth-order valence-corrected chi connectivity index (χ4v) is 2.48. The van der Waals surface area contributed by atoms with Crippen molar-refractivity contribution >= 4 is 17.5 Å². The maximum absolute atomic E-state index is 12.1. The highest BCUT2D eigenvalue weighted by Gasteiger charge is 2.22. The van der Waals surface area contributed by atoms with Crippen molar-refractivity contribution in [2.24, 2.45) is 0 Å². The third-order valence-electron chi connectivity index (χ3n) is 2.69. The average molecular weight is 251 g/mol. The second-order valence-corrected chi connectivity index (χ2v) is 5.24. The maximum Gasteiger partial charge on any atom is 0.182 e. The summed E-state index contributed by atoms with van der Waals surface area (Å²) in [5, 5.41) is 3.18. The number of carbonyl (C=O) groups excluding carboxylic acids is 1. The van der Waals surface area contributed by atoms with Crippen LogP contribution < -0.4 is 5.32 Å². The molecular formula is C13H17NO2S. The molecule has 0 aliphatic carbocycles. The van der Waals surface area contributed by atoms with Crippen molar-refractivity contribution in [3.63, 3.8) is 0 Å². The lowest BCUT2D eigenvalue weighted by molar-refractivity contribution is 0.0607. The molecule has 1 unspecified atom stereocenters. The van der Waals surface area contributed by atoms with Gasteiger partial charge in [-0.05, 0) is 17.9 Å². The standard InChI is InChI=1S/C13H17NO2S/c1-2-17-11-5-3-10(4-6-11)13(15)12-9-16-8-7-14-12/h3-6,12,14H,2,7-9H2,1H3. The van der Waals surface area contributed by atoms with Gasteiger partial charge in [-0.15, -0.1) is 11.8 Å². The molecule has 0 amide bonds. The van der Waals surface area contributed by atoms with Crippen LogP contribution in [-0.4, -0.2) is 37.3 Å². The number of hydrogen-bond acceptors (Lipinski definition) is 4. The predicted molar refractivity (Wildman–Crippen MR) is 69.8 cm³/mol. The van der Waals surface area contributed by atoms with Gasteiger partial charge >= 0.3 is 0 Å². The zero-order valence-electron chi connectivity index (χ0n) is 9.94. The van der Waals surface area contributed by atoms with Crippen molar-refractivity contribution < 1.29 is 9.53 Å². The van der Waals surface area contributed by atoms with Gasteiger partial charge in [-0.3, -0.25) is 4.79 Å². The Hall–Kier alpha value is -0.840. The molecule has 0 aromatic heterocycles. The van der Waals surface area contributed by atoms with E-state index in [2.05, 4.69) is 12.2 Å². The summed E-state index contributed by atoms with van der Waals surface area (Å²) in [7, 11) is 0. The first-order valence-electron chi connectivity index (χ1n) is 5.89. The summed E-state index contributed by atoms with van der Waals surface area (Å²) in [6.07, 6.45) is 0. The lowest BCUT2D eigenvalue weighted by Gasteiger charge is -2.22. The normalized spacial score (nSPS) is 20.2. The van der Waals surface area contributed by atoms with Crippen LogP contribution in [0.3, 0.4) is 0 Å². The fraction of sp³-hybridized carbons (Fsp3) is 0.462. The summed E-state index contributed by atoms with van der Waals surface area (Å²) < 4.78 is 5.30. The van der Waals surface area contributed by atoms with Crippen LogP contribution in [0.4, 0.5) is 0 Å². The van der Waals surface area contributed by atoms with Crippen LogP contribution >= 0.6 is 11.8 Å². The highest BCUT2D eigenvalue weighted by Crippen LogP contribution is 2.18. The summed E-state index contributed by atoms with van der Waals surface area (Å²) in [6.45, 7) is 4.04. The average Bonchev–Trinajstić information content (AvgIpc) is 2.40. The molecule has 4 heteroatoms. The number of Topliss-reactive ketones (excluding diaryl/α,β-unsaturated/α-hetero) is 1. The fourth-order valence-electron chi connectivity index (χ4n) is 1.82. The molecule has 0 spiro atoms. The molecular weight excluding hydrogens is 234 g/mol. The van der Waals surface area contributed by atoms with Gasteiger partial charge in [0.2, 0.25) is 0 Å². The highest BCUT2D eigenvalue weighted by molar-refractivity contribution is 7.99. The molecule has 1 atom stereocenters. The summed E-state index contributed by atoms with van der Waals surface area (Å²) in [6, 6.07) is 7.62. The van der Waals surface area contributed by atoms with E-state index in [0.29, 0.717) is 13.2 Å². The summed E-state index contributed by atoms with van der Waals surface area (Å²) in [4.78, 5) is 13.3. The van der Waals surface area contributed by atoms with Crippen molar-refractivity contribution in [1.29, 1.82) is 0 Å². The van der Waals surface area contributed by atoms with E-state index in [4.69, 9.17) is 4.74 Å². The van der Waals surface area contributed by atoms with E-state index in [1.807, 2.05) is 24.3 Å². The number of morpholine rings is 1. The first-order valence-corrected chi connectivity index (χ1v) is 6.88. The largest absolute Gasteiger partial charge is 0.378 e. The van der Waals surface area contributed by atoms with Gasteiger partial charge in [-0.2, -0.15) is 0 Å². The van der Waals surface area contributed by atoms with Gasteiger partial charge in [0.05, 0.1) is 19.3 Å². The minimum atomic E-state index is -0.187. The molecule has 1 heterocycles. The number of ketones is 1. The van der Waals surface area contributed by atoms with Crippen molar-refractivity contribution in [1.82, 2.24) is 5.32 Å². The Morgan fingerprint density at radius 3 is 2.82 bits per heavy atom. The molecule has 3 nitrogen and oxygen atoms in total. The number of ether oxygens (including phenoxy) is 1. The number of nitrogens with one attached hydrogen (secondary N) is 1. The lowest BCUT2D eigenvalue weighted by Crippen LogP contribution is -2.46. The van der Waals surface area contributed by atoms with Crippen LogP contribution in [-0.2, 0) is 4.74 Å². The molecule has 92 valence electrons. The molecule has 2 rings (SSSR count). The Bertz CT molecular complexity index is 372. The number of hydrogen-bond donors (Lipinski definition) is 1. The van der Waals surface area contributed by atoms with E-state index in [1.54, 1.807) is 11.8 Å². The van der Waals surface area contributed by atoms with Crippen molar-refractivity contribution in [3.8, 4) is 0 Å². The Morgan fingerprint density at radius 2 is 2.24 bits per heavy atom. The van der Waals surface area contributed by atoms with E-state index < -0.39 is 0 Å². The third kappa shape index (κ3) is 3.31. The van der Waals surface area contributed by atoms with Crippen LogP contribution in [0.25, 0.3) is 0 Å². The first kappa shape index (κ1) is 12.6. The summed E-state index contributed by atoms with van der Waals surface area (Å²) in [5.74, 6) is 1.17. The van der Waals surface area contributed by atoms with Gasteiger partial charge < -0.3 is 10.1 Å². The third-order valence-corrected chi connectivity index (χ3v) is 3.58. The van der Waals surface area contributed by atoms with Crippen LogP contribution in [0.15, 0.2) is 29.2 Å². The van der Waals surface area contributed by atoms with Gasteiger partial charge in [0, 0.05) is 17.0 Å². The molecule has 1 fully saturated rings. The number of thioether (sulfide) groups is 1. The van der Waals surface area contributed by atoms with Gasteiger partial charge in [0.1, 0.15) is 0 Å². The Morgan fingerprint density at radius 1 is 1.47 bits per heavy atom. The molecule has 1 aliphatic rings. The quantitative estimate of drug-likeness (QED) is 0.656. The second-order valence-electron chi connectivity index (χ2n) is 3.90. The van der Waals surface area contributed by atoms with Crippen LogP contribution in [0, 0.1) is 0 Å². The smallest absolute Gasteiger partial charge is 0.182 e. The highest BCUT2D eigenvalue weighted by atomic mass is 32.2. The van der Waals surface area contributed by atoms with Crippen LogP contribution in [0.1, 0.15) is 17.3 Å². The van der Waals surface area contributed by atoms with E-state index in [0.717, 1.165) is 17.9 Å². The molecule has 1 aromatic rings. The van der Waals surface area contributed by atoms with Gasteiger partial charge in [-0.25, -0.2) is 0 Å². The predicted octanol–water partition coefficient (Wildman–Crippen LogP) is 1.97. The van der Waals surface area contributed by atoms with Gasteiger partial charge in [0.25, 0.3) is 0 Å². The second kappa shape index (κ2) is 6.19. The Kier molecular flexibility index (Phi) is 4.59. The molecule has 0 saturated carbocycles. The molecule has 17 heavy (non-hydrogen) atoms. The molecule has 1 N–H and O–H groups in total. The van der Waals surface area contributed by atoms with E-state index in [-0.39, 0.29) is 11.8 Å². The topological polar surface area (TPSA) is 38.3 Å². The minimum absolute atomic E-state index is 0.123. The molecule has 0 bridgehead atoms. The van der Waals surface area contributed by atoms with Crippen molar-refractivity contribution in [2.45, 2.75) is 17.9 Å². The first-order chi connectivity index (χ1) is 8.31. The summed E-state index contributed by atoms with van der Waals surface area (Å²) >= 11 is 1.78. The molecule has 1 aliphatic heterocycles. The zero-order chi connectivity index (χ0) is 12.1. The van der Waals surface area contributed by atoms with Crippen molar-refractivity contribution in [2.75, 3.05) is 25.5 Å². The van der Waals surface area contributed by atoms with Crippen LogP contribution in [0.2, 0.25) is 0 Å². The SMILES string of the molecule is CCSc1ccc(C(=O)C2COCCN2)cc1. The number of carbonyl (C=O) groups is 1. The number of benzene rings is 1. The van der Waals surface area contributed by atoms with Crippen molar-refractivity contribution in [3.05, 3.63) is 29.8 Å². The minimum Gasteiger partial charge on any atom is -0.378 e. The van der Waals surface area contributed by atoms with Crippen LogP contribution in [0.5, 0.6) is 0 Å². The monoisotopic (exact) mass is 251 g/mol. The molecule has 1 saturated heterocycles. The van der Waals surface area contributed by atoms with E-state index in [9.17, 15) is 4.79 Å². The summed E-state index contributed by atoms with van der Waals surface area (Å²) in [5.41, 5.74) is 0.758. The zero-order valence-corrected chi connectivity index (χ0v) is 10.8. The maximum atomic E-state index is 12.1. The lowest BCUT2D eigenvalue weighted by atomic mass is 10.0. The molecule has 0 radical (unpaired) electrons. The van der Waals surface area contributed by atoms with Gasteiger partial charge in [0.15, 0.2) is 5.78 Å².